The van der Waals surface area contributed by atoms with Crippen LogP contribution in [0.4, 0.5) is 0 Å². The van der Waals surface area contributed by atoms with Crippen LogP contribution in [0.5, 0.6) is 0 Å². The van der Waals surface area contributed by atoms with Crippen LogP contribution in [0.25, 0.3) is 0 Å². The fraction of sp³-hybridized carbons (Fsp3) is 0.357. The summed E-state index contributed by atoms with van der Waals surface area (Å²) in [7, 11) is 0. The number of ketones is 1. The van der Waals surface area contributed by atoms with Crippen molar-refractivity contribution >= 4 is 12.0 Å². The van der Waals surface area contributed by atoms with Crippen molar-refractivity contribution in [3.8, 4) is 11.8 Å². The molecule has 2 aromatic carbocycles. The SMILES string of the molecule is CC(CO)(CC1=C(O)C(=O)CC=N1)c1ccc(C#Cc2ccc(CN3CCOCC3)cc2)cc1. The molecule has 2 aliphatic heterocycles. The maximum Gasteiger partial charge on any atom is 0.204 e. The van der Waals surface area contributed by atoms with Gasteiger partial charge in [-0.25, -0.2) is 0 Å². The Bertz CT molecular complexity index is 1130. The number of Topliss-reactive ketones (excluding diaryl/α,β-unsaturated/α-hetero) is 1. The number of aliphatic hydroxyl groups is 2. The van der Waals surface area contributed by atoms with Crippen LogP contribution in [0.2, 0.25) is 0 Å². The molecule has 0 radical (unpaired) electrons. The van der Waals surface area contributed by atoms with Crippen molar-refractivity contribution in [2.75, 3.05) is 32.9 Å². The van der Waals surface area contributed by atoms with Gasteiger partial charge in [0.2, 0.25) is 5.78 Å². The van der Waals surface area contributed by atoms with E-state index in [1.54, 1.807) is 0 Å². The molecule has 0 aromatic heterocycles. The Morgan fingerprint density at radius 1 is 1.03 bits per heavy atom. The third kappa shape index (κ3) is 5.81. The average molecular weight is 459 g/mol. The normalized spacial score (nSPS) is 18.4. The summed E-state index contributed by atoms with van der Waals surface area (Å²) in [5.74, 6) is 5.76. The fourth-order valence-corrected chi connectivity index (χ4v) is 4.12. The van der Waals surface area contributed by atoms with Crippen LogP contribution in [-0.4, -0.2) is 60.0 Å². The summed E-state index contributed by atoms with van der Waals surface area (Å²) in [6.07, 6.45) is 1.87. The molecule has 2 aromatic rings. The lowest BCUT2D eigenvalue weighted by atomic mass is 9.78. The molecule has 0 bridgehead atoms. The molecule has 1 fully saturated rings. The van der Waals surface area contributed by atoms with Gasteiger partial charge in [-0.1, -0.05) is 43.0 Å². The molecule has 1 atom stereocenters. The molecule has 6 nitrogen and oxygen atoms in total. The van der Waals surface area contributed by atoms with Gasteiger partial charge in [0, 0.05) is 55.2 Å². The minimum Gasteiger partial charge on any atom is -0.503 e. The lowest BCUT2D eigenvalue weighted by Gasteiger charge is -2.29. The maximum absolute atomic E-state index is 11.8. The number of allylic oxidation sites excluding steroid dienone is 2. The molecule has 1 saturated heterocycles. The average Bonchev–Trinajstić information content (AvgIpc) is 2.87. The van der Waals surface area contributed by atoms with Crippen molar-refractivity contribution in [3.63, 3.8) is 0 Å². The zero-order chi connectivity index (χ0) is 24.0. The molecule has 176 valence electrons. The Hall–Kier alpha value is -3.24. The summed E-state index contributed by atoms with van der Waals surface area (Å²) in [4.78, 5) is 18.3. The number of aliphatic imine (C=N–C) groups is 1. The van der Waals surface area contributed by atoms with E-state index in [-0.39, 0.29) is 31.0 Å². The van der Waals surface area contributed by atoms with E-state index in [1.165, 1.54) is 11.8 Å². The van der Waals surface area contributed by atoms with Crippen LogP contribution >= 0.6 is 0 Å². The van der Waals surface area contributed by atoms with Gasteiger partial charge in [0.05, 0.1) is 25.5 Å². The maximum atomic E-state index is 11.8. The van der Waals surface area contributed by atoms with Crippen LogP contribution in [0.3, 0.4) is 0 Å². The van der Waals surface area contributed by atoms with Crippen LogP contribution in [0.1, 0.15) is 42.0 Å². The van der Waals surface area contributed by atoms with Gasteiger partial charge in [0.15, 0.2) is 5.76 Å². The number of aliphatic hydroxyl groups excluding tert-OH is 2. The Morgan fingerprint density at radius 3 is 2.26 bits per heavy atom. The number of nitrogens with zero attached hydrogens (tertiary/aromatic N) is 2. The van der Waals surface area contributed by atoms with Gasteiger partial charge in [-0.05, 0) is 35.4 Å². The molecule has 0 spiro atoms. The van der Waals surface area contributed by atoms with Crippen molar-refractivity contribution in [3.05, 3.63) is 82.2 Å². The highest BCUT2D eigenvalue weighted by atomic mass is 16.5. The van der Waals surface area contributed by atoms with Gasteiger partial charge in [0.25, 0.3) is 0 Å². The first-order valence-corrected chi connectivity index (χ1v) is 11.6. The van der Waals surface area contributed by atoms with Crippen molar-refractivity contribution in [2.45, 2.75) is 31.7 Å². The topological polar surface area (TPSA) is 82.4 Å². The van der Waals surface area contributed by atoms with E-state index in [2.05, 4.69) is 33.9 Å². The molecule has 2 heterocycles. The van der Waals surface area contributed by atoms with Crippen molar-refractivity contribution in [2.24, 2.45) is 4.99 Å². The number of hydrogen-bond donors (Lipinski definition) is 2. The first-order valence-electron chi connectivity index (χ1n) is 11.6. The molecular weight excluding hydrogens is 428 g/mol. The van der Waals surface area contributed by atoms with Gasteiger partial charge in [-0.15, -0.1) is 0 Å². The van der Waals surface area contributed by atoms with Gasteiger partial charge in [-0.2, -0.15) is 0 Å². The summed E-state index contributed by atoms with van der Waals surface area (Å²) in [5.41, 5.74) is 3.62. The fourth-order valence-electron chi connectivity index (χ4n) is 4.12. The second kappa shape index (κ2) is 10.8. The van der Waals surface area contributed by atoms with Gasteiger partial charge >= 0.3 is 0 Å². The van der Waals surface area contributed by atoms with Crippen molar-refractivity contribution < 1.29 is 19.7 Å². The third-order valence-electron chi connectivity index (χ3n) is 6.36. The van der Waals surface area contributed by atoms with Crippen molar-refractivity contribution in [1.29, 1.82) is 0 Å². The number of morpholine rings is 1. The summed E-state index contributed by atoms with van der Waals surface area (Å²) in [5, 5.41) is 20.2. The zero-order valence-electron chi connectivity index (χ0n) is 19.5. The molecule has 0 saturated carbocycles. The molecule has 4 rings (SSSR count). The highest BCUT2D eigenvalue weighted by Gasteiger charge is 2.30. The number of carbonyl (C=O) groups is 1. The zero-order valence-corrected chi connectivity index (χ0v) is 19.5. The van der Waals surface area contributed by atoms with Crippen LogP contribution in [0.15, 0.2) is 65.0 Å². The molecule has 34 heavy (non-hydrogen) atoms. The number of ether oxygens (including phenoxy) is 1. The first-order chi connectivity index (χ1) is 16.5. The second-order valence-corrected chi connectivity index (χ2v) is 9.04. The van der Waals surface area contributed by atoms with Gasteiger partial charge < -0.3 is 14.9 Å². The number of carbonyl (C=O) groups excluding carboxylic acids is 1. The van der Waals surface area contributed by atoms with E-state index >= 15 is 0 Å². The lowest BCUT2D eigenvalue weighted by molar-refractivity contribution is -0.117. The van der Waals surface area contributed by atoms with E-state index in [0.29, 0.717) is 5.70 Å². The summed E-state index contributed by atoms with van der Waals surface area (Å²) in [6, 6.07) is 16.0. The molecular formula is C28H30N2O4. The second-order valence-electron chi connectivity index (χ2n) is 9.04. The monoisotopic (exact) mass is 458 g/mol. The Balaban J connectivity index is 1.42. The smallest absolute Gasteiger partial charge is 0.204 e. The van der Waals surface area contributed by atoms with Crippen molar-refractivity contribution in [1.82, 2.24) is 4.90 Å². The van der Waals surface area contributed by atoms with Gasteiger partial charge in [0.1, 0.15) is 0 Å². The Morgan fingerprint density at radius 2 is 1.65 bits per heavy atom. The molecule has 1 unspecified atom stereocenters. The minimum atomic E-state index is -0.680. The predicted octanol–water partition coefficient (Wildman–Crippen LogP) is 3.37. The highest BCUT2D eigenvalue weighted by Crippen LogP contribution is 2.33. The molecule has 0 amide bonds. The van der Waals surface area contributed by atoms with Crippen LogP contribution < -0.4 is 0 Å². The van der Waals surface area contributed by atoms with E-state index in [1.807, 2.05) is 43.3 Å². The van der Waals surface area contributed by atoms with E-state index < -0.39 is 5.41 Å². The quantitative estimate of drug-likeness (QED) is 0.649. The molecule has 2 N–H and O–H groups in total. The predicted molar refractivity (Wildman–Crippen MR) is 132 cm³/mol. The van der Waals surface area contributed by atoms with Crippen LogP contribution in [0, 0.1) is 11.8 Å². The summed E-state index contributed by atoms with van der Waals surface area (Å²) < 4.78 is 5.40. The minimum absolute atomic E-state index is 0.106. The summed E-state index contributed by atoms with van der Waals surface area (Å²) in [6.45, 7) is 6.21. The number of hydrogen-bond acceptors (Lipinski definition) is 6. The lowest BCUT2D eigenvalue weighted by Crippen LogP contribution is -2.35. The van der Waals surface area contributed by atoms with E-state index in [4.69, 9.17) is 4.74 Å². The van der Waals surface area contributed by atoms with E-state index in [0.717, 1.165) is 49.5 Å². The number of benzene rings is 2. The molecule has 6 heteroatoms. The molecule has 2 aliphatic rings. The Kier molecular flexibility index (Phi) is 7.59. The first kappa shape index (κ1) is 23.9. The largest absolute Gasteiger partial charge is 0.503 e. The summed E-state index contributed by atoms with van der Waals surface area (Å²) >= 11 is 0. The highest BCUT2D eigenvalue weighted by molar-refractivity contribution is 6.04. The molecule has 0 aliphatic carbocycles. The third-order valence-corrected chi connectivity index (χ3v) is 6.36. The number of rotatable bonds is 6. The van der Waals surface area contributed by atoms with E-state index in [9.17, 15) is 15.0 Å². The standard InChI is InChI=1S/C28H30N2O4/c1-28(20-31,18-25-27(33)26(32)12-13-29-25)24-10-8-22(9-11-24)3-2-21-4-6-23(7-5-21)19-30-14-16-34-17-15-30/h4-11,13,31,33H,12,14-20H2,1H3. The van der Waals surface area contributed by atoms with Gasteiger partial charge in [-0.3, -0.25) is 14.7 Å². The van der Waals surface area contributed by atoms with Crippen LogP contribution in [-0.2, 0) is 21.5 Å². The Labute approximate surface area is 200 Å².